The number of hydrogen-bond donors (Lipinski definition) is 0. The van der Waals surface area contributed by atoms with Crippen LogP contribution in [0.3, 0.4) is 0 Å². The molecule has 2 aliphatic carbocycles. The van der Waals surface area contributed by atoms with E-state index in [1.54, 1.807) is 0 Å². The molecule has 0 atom stereocenters. The molecule has 2 aliphatic rings. The average molecular weight is 664 g/mol. The molecule has 0 unspecified atom stereocenters. The first-order valence-electron chi connectivity index (χ1n) is 17.6. The maximum absolute atomic E-state index is 5.29. The van der Waals surface area contributed by atoms with E-state index in [1.165, 1.54) is 44.5 Å². The Balaban J connectivity index is 1.19. The molecule has 1 spiro atoms. The Hall–Kier alpha value is -6.98. The second-order valence-corrected chi connectivity index (χ2v) is 13.4. The highest BCUT2D eigenvalue weighted by Crippen LogP contribution is 2.62. The van der Waals surface area contributed by atoms with E-state index < -0.39 is 5.41 Å². The van der Waals surface area contributed by atoms with Crippen molar-refractivity contribution < 1.29 is 0 Å². The number of benzene rings is 7. The Morgan fingerprint density at radius 3 is 1.50 bits per heavy atom. The monoisotopic (exact) mass is 663 g/mol. The molecular formula is C47H29N5. The van der Waals surface area contributed by atoms with Crippen molar-refractivity contribution in [2.24, 2.45) is 0 Å². The number of nitrogens with zero attached hydrogens (tertiary/aromatic N) is 5. The van der Waals surface area contributed by atoms with Crippen LogP contribution in [0.1, 0.15) is 22.3 Å². The van der Waals surface area contributed by atoms with E-state index in [9.17, 15) is 0 Å². The first kappa shape index (κ1) is 28.8. The van der Waals surface area contributed by atoms with Crippen LogP contribution < -0.4 is 0 Å². The minimum atomic E-state index is -0.464. The van der Waals surface area contributed by atoms with Gasteiger partial charge in [0.15, 0.2) is 11.6 Å². The lowest BCUT2D eigenvalue weighted by Crippen LogP contribution is -2.25. The SMILES string of the molecule is c1ccc(-c2nc(-c3ccc4c(c3)C3(c5ccccc5-c5ccccc53)c3ccccc3-4)nc(-n3c(-c4ccccc4)nc4ccccc43)n2)cc1. The molecule has 0 saturated heterocycles. The molecule has 0 radical (unpaired) electrons. The van der Waals surface area contributed by atoms with Gasteiger partial charge in [-0.1, -0.05) is 158 Å². The van der Waals surface area contributed by atoms with E-state index in [1.807, 2.05) is 66.7 Å². The molecule has 11 rings (SSSR count). The van der Waals surface area contributed by atoms with Crippen molar-refractivity contribution in [3.8, 4) is 62.4 Å². The van der Waals surface area contributed by atoms with E-state index in [4.69, 9.17) is 19.9 Å². The van der Waals surface area contributed by atoms with Crippen LogP contribution in [0, 0.1) is 0 Å². The third-order valence-electron chi connectivity index (χ3n) is 10.7. The smallest absolute Gasteiger partial charge is 0.240 e. The van der Waals surface area contributed by atoms with Gasteiger partial charge in [0.25, 0.3) is 0 Å². The molecule has 0 fully saturated rings. The summed E-state index contributed by atoms with van der Waals surface area (Å²) in [6.45, 7) is 0. The molecule has 0 saturated carbocycles. The summed E-state index contributed by atoms with van der Waals surface area (Å²) in [5.41, 5.74) is 14.4. The zero-order valence-electron chi connectivity index (χ0n) is 28.0. The zero-order valence-corrected chi connectivity index (χ0v) is 28.0. The highest BCUT2D eigenvalue weighted by atomic mass is 15.2. The van der Waals surface area contributed by atoms with Gasteiger partial charge in [-0.15, -0.1) is 0 Å². The van der Waals surface area contributed by atoms with Crippen molar-refractivity contribution in [3.05, 3.63) is 198 Å². The highest BCUT2D eigenvalue weighted by molar-refractivity contribution is 5.95. The van der Waals surface area contributed by atoms with E-state index in [0.29, 0.717) is 17.6 Å². The maximum atomic E-state index is 5.29. The van der Waals surface area contributed by atoms with Crippen molar-refractivity contribution in [1.29, 1.82) is 0 Å². The Morgan fingerprint density at radius 1 is 0.365 bits per heavy atom. The van der Waals surface area contributed by atoms with Crippen LogP contribution in [-0.2, 0) is 5.41 Å². The Kier molecular flexibility index (Phi) is 6.10. The van der Waals surface area contributed by atoms with Crippen LogP contribution in [0.5, 0.6) is 0 Å². The van der Waals surface area contributed by atoms with E-state index in [0.717, 1.165) is 33.5 Å². The normalized spacial score (nSPS) is 13.2. The van der Waals surface area contributed by atoms with Crippen LogP contribution in [0.4, 0.5) is 0 Å². The molecule has 2 heterocycles. The van der Waals surface area contributed by atoms with Crippen LogP contribution in [0.15, 0.2) is 176 Å². The third-order valence-corrected chi connectivity index (χ3v) is 10.7. The first-order chi connectivity index (χ1) is 25.8. The van der Waals surface area contributed by atoms with Gasteiger partial charge in [0, 0.05) is 16.7 Å². The Morgan fingerprint density at radius 2 is 0.865 bits per heavy atom. The molecule has 0 aliphatic heterocycles. The largest absolute Gasteiger partial charge is 0.260 e. The van der Waals surface area contributed by atoms with Gasteiger partial charge in [-0.3, -0.25) is 4.57 Å². The first-order valence-corrected chi connectivity index (χ1v) is 17.6. The summed E-state index contributed by atoms with van der Waals surface area (Å²) in [4.78, 5) is 20.7. The number of imidazole rings is 1. The van der Waals surface area contributed by atoms with Crippen molar-refractivity contribution >= 4 is 11.0 Å². The lowest BCUT2D eigenvalue weighted by atomic mass is 9.70. The van der Waals surface area contributed by atoms with E-state index in [2.05, 4.69) is 114 Å². The number of rotatable bonds is 4. The van der Waals surface area contributed by atoms with Crippen LogP contribution in [0.2, 0.25) is 0 Å². The molecule has 0 amide bonds. The Labute approximate surface area is 300 Å². The van der Waals surface area contributed by atoms with Crippen LogP contribution in [-0.4, -0.2) is 24.5 Å². The summed E-state index contributed by atoms with van der Waals surface area (Å²) in [6, 6.07) is 61.9. The molecule has 5 nitrogen and oxygen atoms in total. The van der Waals surface area contributed by atoms with Gasteiger partial charge in [0.1, 0.15) is 5.82 Å². The standard InChI is InChI=1S/C47H29N5/c1-3-15-30(16-4-1)43-49-44(51-46(50-43)52-42-26-14-13-25-41(42)48-45(52)31-17-5-2-6-18-31)32-27-28-36-35-21-9-12-24-39(35)47(40(36)29-32)37-22-10-7-19-33(37)34-20-8-11-23-38(34)47/h1-29H. The van der Waals surface area contributed by atoms with Gasteiger partial charge in [-0.05, 0) is 62.7 Å². The van der Waals surface area contributed by atoms with Crippen LogP contribution in [0.25, 0.3) is 73.4 Å². The molecule has 7 aromatic carbocycles. The zero-order chi connectivity index (χ0) is 34.2. The summed E-state index contributed by atoms with van der Waals surface area (Å²) < 4.78 is 2.07. The van der Waals surface area contributed by atoms with Gasteiger partial charge < -0.3 is 0 Å². The molecular weight excluding hydrogens is 635 g/mol. The van der Waals surface area contributed by atoms with Gasteiger partial charge >= 0.3 is 0 Å². The number of aromatic nitrogens is 5. The van der Waals surface area contributed by atoms with E-state index >= 15 is 0 Å². The topological polar surface area (TPSA) is 56.5 Å². The summed E-state index contributed by atoms with van der Waals surface area (Å²) in [7, 11) is 0. The van der Waals surface area contributed by atoms with Gasteiger partial charge in [0.05, 0.1) is 16.4 Å². The molecule has 5 heteroatoms. The summed E-state index contributed by atoms with van der Waals surface area (Å²) in [6.07, 6.45) is 0. The number of hydrogen-bond acceptors (Lipinski definition) is 4. The number of para-hydroxylation sites is 2. The molecule has 9 aromatic rings. The fraction of sp³-hybridized carbons (Fsp3) is 0.0213. The molecule has 52 heavy (non-hydrogen) atoms. The van der Waals surface area contributed by atoms with Crippen LogP contribution >= 0.6 is 0 Å². The van der Waals surface area contributed by atoms with Crippen molar-refractivity contribution in [3.63, 3.8) is 0 Å². The molecule has 242 valence electrons. The summed E-state index contributed by atoms with van der Waals surface area (Å²) >= 11 is 0. The molecule has 2 aromatic heterocycles. The highest BCUT2D eigenvalue weighted by Gasteiger charge is 2.51. The second-order valence-electron chi connectivity index (χ2n) is 13.4. The predicted octanol–water partition coefficient (Wildman–Crippen LogP) is 10.6. The van der Waals surface area contributed by atoms with Gasteiger partial charge in [-0.25, -0.2) is 9.97 Å². The maximum Gasteiger partial charge on any atom is 0.240 e. The second kappa shape index (κ2) is 11.0. The summed E-state index contributed by atoms with van der Waals surface area (Å²) in [5.74, 6) is 2.51. The molecule has 0 bridgehead atoms. The minimum Gasteiger partial charge on any atom is -0.260 e. The predicted molar refractivity (Wildman–Crippen MR) is 207 cm³/mol. The van der Waals surface area contributed by atoms with E-state index in [-0.39, 0.29) is 0 Å². The van der Waals surface area contributed by atoms with Gasteiger partial charge in [0.2, 0.25) is 5.95 Å². The lowest BCUT2D eigenvalue weighted by Gasteiger charge is -2.30. The fourth-order valence-electron chi connectivity index (χ4n) is 8.55. The average Bonchev–Trinajstić information content (AvgIpc) is 3.86. The summed E-state index contributed by atoms with van der Waals surface area (Å²) in [5, 5.41) is 0. The van der Waals surface area contributed by atoms with Crippen molar-refractivity contribution in [2.45, 2.75) is 5.41 Å². The van der Waals surface area contributed by atoms with Gasteiger partial charge in [-0.2, -0.15) is 9.97 Å². The minimum absolute atomic E-state index is 0.464. The fourth-order valence-corrected chi connectivity index (χ4v) is 8.55. The van der Waals surface area contributed by atoms with Crippen molar-refractivity contribution in [1.82, 2.24) is 24.5 Å². The van der Waals surface area contributed by atoms with Crippen molar-refractivity contribution in [2.75, 3.05) is 0 Å². The molecule has 0 N–H and O–H groups in total. The Bertz CT molecular complexity index is 2790. The quantitative estimate of drug-likeness (QED) is 0.188. The third kappa shape index (κ3) is 3.99. The lowest BCUT2D eigenvalue weighted by molar-refractivity contribution is 0.793. The number of fused-ring (bicyclic) bond motifs is 11.